The molecule has 0 amide bonds. The molecule has 0 aliphatic carbocycles. The molecule has 0 bridgehead atoms. The van der Waals surface area contributed by atoms with Crippen molar-refractivity contribution in [3.8, 4) is 11.4 Å². The summed E-state index contributed by atoms with van der Waals surface area (Å²) in [5.41, 5.74) is 1.06. The van der Waals surface area contributed by atoms with Crippen molar-refractivity contribution in [2.75, 3.05) is 41.4 Å². The first-order valence-electron chi connectivity index (χ1n) is 7.38. The Morgan fingerprint density at radius 3 is 2.62 bits per heavy atom. The summed E-state index contributed by atoms with van der Waals surface area (Å²) in [5, 5.41) is 3.31. The molecule has 1 aliphatic rings. The van der Waals surface area contributed by atoms with E-state index in [1.54, 1.807) is 0 Å². The molecule has 1 N–H and O–H groups in total. The molecule has 1 fully saturated rings. The highest BCUT2D eigenvalue weighted by molar-refractivity contribution is 7.99. The Hall–Kier alpha value is -1.75. The van der Waals surface area contributed by atoms with Crippen LogP contribution < -0.4 is 10.2 Å². The number of anilines is 2. The third-order valence-corrected chi connectivity index (χ3v) is 4.38. The van der Waals surface area contributed by atoms with Gasteiger partial charge in [-0.15, -0.1) is 0 Å². The number of rotatable bonds is 4. The zero-order chi connectivity index (χ0) is 14.5. The quantitative estimate of drug-likeness (QED) is 0.939. The molecular formula is C16H20N4S. The Morgan fingerprint density at radius 2 is 1.90 bits per heavy atom. The number of thioether (sulfide) groups is 1. The SMILES string of the molecule is CCNc1cc(N2CCSCC2)nc(-c2ccccc2)n1. The summed E-state index contributed by atoms with van der Waals surface area (Å²) in [6.45, 7) is 5.06. The van der Waals surface area contributed by atoms with Gasteiger partial charge >= 0.3 is 0 Å². The zero-order valence-electron chi connectivity index (χ0n) is 12.2. The Balaban J connectivity index is 1.97. The van der Waals surface area contributed by atoms with Crippen LogP contribution in [-0.2, 0) is 0 Å². The van der Waals surface area contributed by atoms with E-state index in [4.69, 9.17) is 4.98 Å². The Morgan fingerprint density at radius 1 is 1.14 bits per heavy atom. The van der Waals surface area contributed by atoms with Crippen molar-refractivity contribution in [3.05, 3.63) is 36.4 Å². The molecule has 0 radical (unpaired) electrons. The molecule has 0 spiro atoms. The summed E-state index contributed by atoms with van der Waals surface area (Å²) in [4.78, 5) is 11.8. The van der Waals surface area contributed by atoms with E-state index < -0.39 is 0 Å². The van der Waals surface area contributed by atoms with E-state index in [1.807, 2.05) is 30.0 Å². The third kappa shape index (κ3) is 3.47. The molecule has 1 aromatic carbocycles. The summed E-state index contributed by atoms with van der Waals surface area (Å²) in [6.07, 6.45) is 0. The average Bonchev–Trinajstić information content (AvgIpc) is 2.56. The zero-order valence-corrected chi connectivity index (χ0v) is 13.1. The highest BCUT2D eigenvalue weighted by Crippen LogP contribution is 2.24. The monoisotopic (exact) mass is 300 g/mol. The van der Waals surface area contributed by atoms with Gasteiger partial charge in [-0.05, 0) is 6.92 Å². The van der Waals surface area contributed by atoms with Crippen molar-refractivity contribution in [1.29, 1.82) is 0 Å². The van der Waals surface area contributed by atoms with Gasteiger partial charge in [-0.2, -0.15) is 11.8 Å². The number of aromatic nitrogens is 2. The van der Waals surface area contributed by atoms with E-state index in [2.05, 4.69) is 40.3 Å². The van der Waals surface area contributed by atoms with E-state index in [-0.39, 0.29) is 0 Å². The molecule has 1 saturated heterocycles. The molecule has 1 aromatic heterocycles. The van der Waals surface area contributed by atoms with Gasteiger partial charge in [0, 0.05) is 42.8 Å². The van der Waals surface area contributed by atoms with Crippen molar-refractivity contribution in [1.82, 2.24) is 9.97 Å². The van der Waals surface area contributed by atoms with E-state index in [9.17, 15) is 0 Å². The minimum Gasteiger partial charge on any atom is -0.370 e. The summed E-state index contributed by atoms with van der Waals surface area (Å²) >= 11 is 2.01. The lowest BCUT2D eigenvalue weighted by molar-refractivity contribution is 0.836. The van der Waals surface area contributed by atoms with Crippen LogP contribution in [0.4, 0.5) is 11.6 Å². The van der Waals surface area contributed by atoms with Crippen molar-refractivity contribution in [2.45, 2.75) is 6.92 Å². The summed E-state index contributed by atoms with van der Waals surface area (Å²) < 4.78 is 0. The summed E-state index contributed by atoms with van der Waals surface area (Å²) in [7, 11) is 0. The Bertz CT molecular complexity index is 582. The molecule has 1 aliphatic heterocycles. The van der Waals surface area contributed by atoms with Gasteiger partial charge in [-0.1, -0.05) is 30.3 Å². The lowest BCUT2D eigenvalue weighted by Gasteiger charge is -2.28. The molecule has 0 atom stereocenters. The fourth-order valence-electron chi connectivity index (χ4n) is 2.38. The maximum absolute atomic E-state index is 4.78. The van der Waals surface area contributed by atoms with Gasteiger partial charge in [-0.3, -0.25) is 0 Å². The first-order chi connectivity index (χ1) is 10.4. The van der Waals surface area contributed by atoms with Crippen LogP contribution in [0.1, 0.15) is 6.92 Å². The second-order valence-corrected chi connectivity index (χ2v) is 6.16. The predicted octanol–water partition coefficient (Wildman–Crippen LogP) is 3.13. The third-order valence-electron chi connectivity index (χ3n) is 3.44. The van der Waals surface area contributed by atoms with E-state index in [1.165, 1.54) is 11.5 Å². The van der Waals surface area contributed by atoms with Crippen molar-refractivity contribution in [3.63, 3.8) is 0 Å². The van der Waals surface area contributed by atoms with Crippen LogP contribution in [0.3, 0.4) is 0 Å². The molecule has 0 saturated carbocycles. The number of hydrogen-bond acceptors (Lipinski definition) is 5. The second-order valence-electron chi connectivity index (χ2n) is 4.93. The fraction of sp³-hybridized carbons (Fsp3) is 0.375. The number of nitrogens with one attached hydrogen (secondary N) is 1. The van der Waals surface area contributed by atoms with Crippen LogP contribution in [0.25, 0.3) is 11.4 Å². The smallest absolute Gasteiger partial charge is 0.163 e. The normalized spacial score (nSPS) is 15.0. The standard InChI is InChI=1S/C16H20N4S/c1-2-17-14-12-15(20-8-10-21-11-9-20)19-16(18-14)13-6-4-3-5-7-13/h3-7,12H,2,8-11H2,1H3,(H,17,18,19). The minimum absolute atomic E-state index is 0.794. The summed E-state index contributed by atoms with van der Waals surface area (Å²) in [6, 6.07) is 12.2. The van der Waals surface area contributed by atoms with Crippen molar-refractivity contribution >= 4 is 23.4 Å². The van der Waals surface area contributed by atoms with Crippen LogP contribution in [0.5, 0.6) is 0 Å². The van der Waals surface area contributed by atoms with Gasteiger partial charge in [0.05, 0.1) is 0 Å². The Labute approximate surface area is 130 Å². The Kier molecular flexibility index (Phi) is 4.60. The van der Waals surface area contributed by atoms with Gasteiger partial charge in [0.1, 0.15) is 11.6 Å². The van der Waals surface area contributed by atoms with Gasteiger partial charge in [0.25, 0.3) is 0 Å². The molecule has 2 heterocycles. The fourth-order valence-corrected chi connectivity index (χ4v) is 3.28. The van der Waals surface area contributed by atoms with E-state index in [0.29, 0.717) is 0 Å². The number of benzene rings is 1. The minimum atomic E-state index is 0.794. The van der Waals surface area contributed by atoms with E-state index in [0.717, 1.165) is 42.7 Å². The van der Waals surface area contributed by atoms with Crippen LogP contribution in [0.2, 0.25) is 0 Å². The predicted molar refractivity (Wildman–Crippen MR) is 91.2 cm³/mol. The molecule has 3 rings (SSSR count). The lowest BCUT2D eigenvalue weighted by atomic mass is 10.2. The largest absolute Gasteiger partial charge is 0.370 e. The van der Waals surface area contributed by atoms with Gasteiger partial charge in [0.2, 0.25) is 0 Å². The molecule has 5 heteroatoms. The highest BCUT2D eigenvalue weighted by Gasteiger charge is 2.15. The first kappa shape index (κ1) is 14.2. The molecule has 0 unspecified atom stereocenters. The first-order valence-corrected chi connectivity index (χ1v) is 8.53. The van der Waals surface area contributed by atoms with Crippen LogP contribution >= 0.6 is 11.8 Å². The van der Waals surface area contributed by atoms with Gasteiger partial charge in [0.15, 0.2) is 5.82 Å². The molecule has 110 valence electrons. The molecule has 21 heavy (non-hydrogen) atoms. The van der Waals surface area contributed by atoms with Gasteiger partial charge in [-0.25, -0.2) is 9.97 Å². The van der Waals surface area contributed by atoms with Crippen LogP contribution in [-0.4, -0.2) is 41.1 Å². The molecule has 4 nitrogen and oxygen atoms in total. The topological polar surface area (TPSA) is 41.0 Å². The lowest BCUT2D eigenvalue weighted by Crippen LogP contribution is -2.33. The number of hydrogen-bond donors (Lipinski definition) is 1. The van der Waals surface area contributed by atoms with Gasteiger partial charge < -0.3 is 10.2 Å². The van der Waals surface area contributed by atoms with Crippen LogP contribution in [0, 0.1) is 0 Å². The molecule has 2 aromatic rings. The maximum atomic E-state index is 4.78. The second kappa shape index (κ2) is 6.80. The highest BCUT2D eigenvalue weighted by atomic mass is 32.2. The maximum Gasteiger partial charge on any atom is 0.163 e. The summed E-state index contributed by atoms with van der Waals surface area (Å²) in [5.74, 6) is 5.06. The molecular weight excluding hydrogens is 280 g/mol. The number of nitrogens with zero attached hydrogens (tertiary/aromatic N) is 3. The average molecular weight is 300 g/mol. The van der Waals surface area contributed by atoms with Crippen molar-refractivity contribution < 1.29 is 0 Å². The van der Waals surface area contributed by atoms with Crippen LogP contribution in [0.15, 0.2) is 36.4 Å². The van der Waals surface area contributed by atoms with E-state index >= 15 is 0 Å². The van der Waals surface area contributed by atoms with Crippen molar-refractivity contribution in [2.24, 2.45) is 0 Å².